The highest BCUT2D eigenvalue weighted by molar-refractivity contribution is 5.61. The third kappa shape index (κ3) is 1.94. The highest BCUT2D eigenvalue weighted by Gasteiger charge is 2.21. The highest BCUT2D eigenvalue weighted by atomic mass is 16.5. The number of ether oxygens (including phenoxy) is 1. The number of rotatable bonds is 1. The van der Waals surface area contributed by atoms with Gasteiger partial charge in [0, 0.05) is 0 Å². The number of nitrogens with one attached hydrogen (secondary N) is 1. The molecule has 2 nitrogen and oxygen atoms in total. The first-order valence-electron chi connectivity index (χ1n) is 5.58. The molecule has 0 aromatic heterocycles. The van der Waals surface area contributed by atoms with Crippen molar-refractivity contribution in [2.45, 2.75) is 33.7 Å². The Morgan fingerprint density at radius 2 is 1.93 bits per heavy atom. The second-order valence-electron chi connectivity index (χ2n) is 4.74. The van der Waals surface area contributed by atoms with Crippen molar-refractivity contribution in [1.82, 2.24) is 0 Å². The van der Waals surface area contributed by atoms with Gasteiger partial charge >= 0.3 is 0 Å². The minimum absolute atomic E-state index is 0.430. The number of anilines is 1. The average Bonchev–Trinajstić information content (AvgIpc) is 2.19. The Labute approximate surface area is 91.6 Å². The van der Waals surface area contributed by atoms with E-state index in [0.717, 1.165) is 18.0 Å². The molecule has 1 unspecified atom stereocenters. The second-order valence-corrected chi connectivity index (χ2v) is 4.74. The van der Waals surface area contributed by atoms with Crippen LogP contribution in [0, 0.1) is 19.8 Å². The summed E-state index contributed by atoms with van der Waals surface area (Å²) in [6, 6.07) is 4.73. The van der Waals surface area contributed by atoms with Crippen LogP contribution in [0.15, 0.2) is 12.1 Å². The van der Waals surface area contributed by atoms with E-state index in [-0.39, 0.29) is 0 Å². The minimum atomic E-state index is 0.430. The summed E-state index contributed by atoms with van der Waals surface area (Å²) in [4.78, 5) is 0. The summed E-state index contributed by atoms with van der Waals surface area (Å²) in [5.74, 6) is 1.59. The molecule has 1 aromatic rings. The van der Waals surface area contributed by atoms with Gasteiger partial charge in [0.15, 0.2) is 0 Å². The molecule has 1 aliphatic rings. The Morgan fingerprint density at radius 1 is 1.27 bits per heavy atom. The van der Waals surface area contributed by atoms with Gasteiger partial charge in [0.05, 0.1) is 11.7 Å². The molecule has 0 fully saturated rings. The van der Waals surface area contributed by atoms with E-state index in [0.29, 0.717) is 12.0 Å². The van der Waals surface area contributed by atoms with Crippen molar-refractivity contribution in [1.29, 1.82) is 0 Å². The zero-order chi connectivity index (χ0) is 11.0. The average molecular weight is 205 g/mol. The van der Waals surface area contributed by atoms with Crippen molar-refractivity contribution in [2.24, 2.45) is 5.92 Å². The van der Waals surface area contributed by atoms with E-state index in [1.54, 1.807) is 0 Å². The van der Waals surface area contributed by atoms with E-state index < -0.39 is 0 Å². The van der Waals surface area contributed by atoms with Crippen LogP contribution in [0.4, 0.5) is 5.69 Å². The lowest BCUT2D eigenvalue weighted by molar-refractivity contribution is 0.257. The second kappa shape index (κ2) is 3.76. The standard InChI is InChI=1S/C13H19NO/c1-8(2)12-7-15-13-6-10(4)9(3)5-11(13)14-12/h5-6,8,12,14H,7H2,1-4H3. The van der Waals surface area contributed by atoms with E-state index >= 15 is 0 Å². The first-order chi connectivity index (χ1) is 7.08. The lowest BCUT2D eigenvalue weighted by Gasteiger charge is -2.30. The molecule has 1 aromatic carbocycles. The summed E-state index contributed by atoms with van der Waals surface area (Å²) in [6.45, 7) is 9.46. The highest BCUT2D eigenvalue weighted by Crippen LogP contribution is 2.32. The number of aryl methyl sites for hydroxylation is 2. The van der Waals surface area contributed by atoms with E-state index in [4.69, 9.17) is 4.74 Å². The van der Waals surface area contributed by atoms with E-state index in [9.17, 15) is 0 Å². The molecular formula is C13H19NO. The fourth-order valence-electron chi connectivity index (χ4n) is 1.80. The van der Waals surface area contributed by atoms with Crippen LogP contribution in [-0.4, -0.2) is 12.6 Å². The molecule has 0 aliphatic carbocycles. The van der Waals surface area contributed by atoms with Crippen molar-refractivity contribution in [3.8, 4) is 5.75 Å². The number of hydrogen-bond donors (Lipinski definition) is 1. The van der Waals surface area contributed by atoms with Crippen LogP contribution >= 0.6 is 0 Å². The SMILES string of the molecule is Cc1cc2c(cc1C)OCC(C(C)C)N2. The number of hydrogen-bond acceptors (Lipinski definition) is 2. The third-order valence-electron chi connectivity index (χ3n) is 3.16. The van der Waals surface area contributed by atoms with Gasteiger partial charge in [-0.05, 0) is 43.0 Å². The van der Waals surface area contributed by atoms with Gasteiger partial charge < -0.3 is 10.1 Å². The molecule has 82 valence electrons. The van der Waals surface area contributed by atoms with Crippen LogP contribution in [0.2, 0.25) is 0 Å². The van der Waals surface area contributed by atoms with Crippen molar-refractivity contribution < 1.29 is 4.74 Å². The zero-order valence-electron chi connectivity index (χ0n) is 9.92. The molecule has 1 aliphatic heterocycles. The molecular weight excluding hydrogens is 186 g/mol. The van der Waals surface area contributed by atoms with E-state index in [2.05, 4.69) is 45.1 Å². The maximum absolute atomic E-state index is 5.77. The Balaban J connectivity index is 2.30. The van der Waals surface area contributed by atoms with Gasteiger partial charge in [0.25, 0.3) is 0 Å². The lowest BCUT2D eigenvalue weighted by Crippen LogP contribution is -2.35. The molecule has 15 heavy (non-hydrogen) atoms. The number of fused-ring (bicyclic) bond motifs is 1. The van der Waals surface area contributed by atoms with E-state index in [1.165, 1.54) is 11.1 Å². The lowest BCUT2D eigenvalue weighted by atomic mass is 10.0. The van der Waals surface area contributed by atoms with Crippen LogP contribution in [-0.2, 0) is 0 Å². The summed E-state index contributed by atoms with van der Waals surface area (Å²) in [7, 11) is 0. The van der Waals surface area contributed by atoms with Crippen molar-refractivity contribution >= 4 is 5.69 Å². The Morgan fingerprint density at radius 3 is 2.60 bits per heavy atom. The maximum atomic E-state index is 5.77. The van der Waals surface area contributed by atoms with Crippen LogP contribution in [0.1, 0.15) is 25.0 Å². The minimum Gasteiger partial charge on any atom is -0.489 e. The Kier molecular flexibility index (Phi) is 2.59. The molecule has 2 rings (SSSR count). The molecule has 1 heterocycles. The van der Waals surface area contributed by atoms with Gasteiger partial charge in [-0.3, -0.25) is 0 Å². The van der Waals surface area contributed by atoms with E-state index in [1.807, 2.05) is 0 Å². The van der Waals surface area contributed by atoms with Gasteiger partial charge in [-0.25, -0.2) is 0 Å². The Hall–Kier alpha value is -1.18. The monoisotopic (exact) mass is 205 g/mol. The number of benzene rings is 1. The maximum Gasteiger partial charge on any atom is 0.142 e. The fourth-order valence-corrected chi connectivity index (χ4v) is 1.80. The van der Waals surface area contributed by atoms with Gasteiger partial charge in [0.2, 0.25) is 0 Å². The Bertz CT molecular complexity index is 371. The molecule has 0 saturated heterocycles. The van der Waals surface area contributed by atoms with Crippen molar-refractivity contribution in [3.63, 3.8) is 0 Å². The predicted octanol–water partition coefficient (Wildman–Crippen LogP) is 3.13. The van der Waals surface area contributed by atoms with Gasteiger partial charge in [-0.2, -0.15) is 0 Å². The predicted molar refractivity (Wildman–Crippen MR) is 63.7 cm³/mol. The molecule has 2 heteroatoms. The fraction of sp³-hybridized carbons (Fsp3) is 0.538. The molecule has 1 N–H and O–H groups in total. The first kappa shape index (κ1) is 10.3. The summed E-state index contributed by atoms with van der Waals surface area (Å²) in [5.41, 5.74) is 3.75. The molecule has 0 amide bonds. The van der Waals surface area contributed by atoms with Crippen LogP contribution in [0.25, 0.3) is 0 Å². The summed E-state index contributed by atoms with van der Waals surface area (Å²) in [6.07, 6.45) is 0. The smallest absolute Gasteiger partial charge is 0.142 e. The van der Waals surface area contributed by atoms with Gasteiger partial charge in [0.1, 0.15) is 12.4 Å². The van der Waals surface area contributed by atoms with Crippen molar-refractivity contribution in [2.75, 3.05) is 11.9 Å². The topological polar surface area (TPSA) is 21.3 Å². The molecule has 1 atom stereocenters. The van der Waals surface area contributed by atoms with Crippen LogP contribution < -0.4 is 10.1 Å². The molecule has 0 bridgehead atoms. The van der Waals surface area contributed by atoms with Gasteiger partial charge in [-0.15, -0.1) is 0 Å². The normalized spacial score (nSPS) is 19.4. The molecule has 0 radical (unpaired) electrons. The largest absolute Gasteiger partial charge is 0.489 e. The molecule has 0 saturated carbocycles. The van der Waals surface area contributed by atoms with Crippen molar-refractivity contribution in [3.05, 3.63) is 23.3 Å². The quantitative estimate of drug-likeness (QED) is 0.760. The van der Waals surface area contributed by atoms with Crippen LogP contribution in [0.5, 0.6) is 5.75 Å². The summed E-state index contributed by atoms with van der Waals surface area (Å²) >= 11 is 0. The zero-order valence-corrected chi connectivity index (χ0v) is 9.92. The third-order valence-corrected chi connectivity index (χ3v) is 3.16. The van der Waals surface area contributed by atoms with Crippen LogP contribution in [0.3, 0.4) is 0 Å². The van der Waals surface area contributed by atoms with Gasteiger partial charge in [-0.1, -0.05) is 13.8 Å². The molecule has 0 spiro atoms. The first-order valence-corrected chi connectivity index (χ1v) is 5.58. The summed E-state index contributed by atoms with van der Waals surface area (Å²) in [5, 5.41) is 3.54. The summed E-state index contributed by atoms with van der Waals surface area (Å²) < 4.78 is 5.77.